The van der Waals surface area contributed by atoms with Gasteiger partial charge in [-0.05, 0) is 27.2 Å². The maximum Gasteiger partial charge on any atom is 0.139 e. The fraction of sp³-hybridized carbons (Fsp3) is 0.875. The fourth-order valence-corrected chi connectivity index (χ4v) is 0.682. The molecule has 0 heterocycles. The van der Waals surface area contributed by atoms with E-state index in [1.54, 1.807) is 0 Å². The molecule has 4 heteroatoms. The van der Waals surface area contributed by atoms with E-state index in [1.165, 1.54) is 0 Å². The van der Waals surface area contributed by atoms with Gasteiger partial charge in [0.25, 0.3) is 0 Å². The van der Waals surface area contributed by atoms with E-state index in [-0.39, 0.29) is 11.4 Å². The average Bonchev–Trinajstić information content (AvgIpc) is 1.96. The van der Waals surface area contributed by atoms with Crippen molar-refractivity contribution in [3.63, 3.8) is 0 Å². The van der Waals surface area contributed by atoms with Crippen molar-refractivity contribution in [1.82, 2.24) is 0 Å². The van der Waals surface area contributed by atoms with Gasteiger partial charge in [0.2, 0.25) is 0 Å². The maximum absolute atomic E-state index is 8.22. The highest BCUT2D eigenvalue weighted by molar-refractivity contribution is 5.79. The van der Waals surface area contributed by atoms with Crippen molar-refractivity contribution >= 4 is 5.84 Å². The molecule has 0 radical (unpaired) electrons. The Morgan fingerprint density at radius 2 is 2.08 bits per heavy atom. The lowest BCUT2D eigenvalue weighted by Gasteiger charge is -2.19. The Labute approximate surface area is 73.4 Å². The van der Waals surface area contributed by atoms with Crippen LogP contribution in [-0.4, -0.2) is 23.3 Å². The van der Waals surface area contributed by atoms with Crippen LogP contribution in [-0.2, 0) is 4.74 Å². The van der Waals surface area contributed by atoms with Gasteiger partial charge in [-0.25, -0.2) is 0 Å². The number of hydrogen-bond donors (Lipinski definition) is 2. The number of amidine groups is 1. The predicted molar refractivity (Wildman–Crippen MR) is 48.3 cm³/mol. The number of nitrogens with zero attached hydrogens (tertiary/aromatic N) is 1. The summed E-state index contributed by atoms with van der Waals surface area (Å²) in [4.78, 5) is 0. The van der Waals surface area contributed by atoms with Crippen LogP contribution in [0.2, 0.25) is 0 Å². The third-order valence-corrected chi connectivity index (χ3v) is 1.24. The zero-order valence-corrected chi connectivity index (χ0v) is 8.00. The molecular formula is C8H18N2O2. The molecule has 0 rings (SSSR count). The highest BCUT2D eigenvalue weighted by Crippen LogP contribution is 2.07. The summed E-state index contributed by atoms with van der Waals surface area (Å²) in [5.41, 5.74) is 5.16. The summed E-state index contributed by atoms with van der Waals surface area (Å²) >= 11 is 0. The van der Waals surface area contributed by atoms with Crippen LogP contribution >= 0.6 is 0 Å². The third kappa shape index (κ3) is 7.34. The molecular weight excluding hydrogens is 156 g/mol. The Kier molecular flexibility index (Phi) is 4.66. The molecule has 0 bridgehead atoms. The fourth-order valence-electron chi connectivity index (χ4n) is 0.682. The molecule has 0 aromatic carbocycles. The van der Waals surface area contributed by atoms with Crippen LogP contribution in [0.5, 0.6) is 0 Å². The molecule has 3 N–H and O–H groups in total. The molecule has 4 nitrogen and oxygen atoms in total. The first-order chi connectivity index (χ1) is 5.45. The lowest BCUT2D eigenvalue weighted by atomic mass is 10.2. The smallest absolute Gasteiger partial charge is 0.139 e. The standard InChI is InChI=1S/C8H18N2O2/c1-8(2,3)12-6-4-5-7(9)10-11/h11H,4-6H2,1-3H3,(H2,9,10). The first kappa shape index (κ1) is 11.2. The van der Waals surface area contributed by atoms with E-state index in [9.17, 15) is 0 Å². The van der Waals surface area contributed by atoms with E-state index in [2.05, 4.69) is 5.16 Å². The van der Waals surface area contributed by atoms with Crippen LogP contribution in [0.3, 0.4) is 0 Å². The van der Waals surface area contributed by atoms with Crippen LogP contribution in [0, 0.1) is 0 Å². The molecule has 0 spiro atoms. The predicted octanol–water partition coefficient (Wildman–Crippen LogP) is 1.33. The van der Waals surface area contributed by atoms with Crippen LogP contribution in [0.25, 0.3) is 0 Å². The summed E-state index contributed by atoms with van der Waals surface area (Å²) in [6.07, 6.45) is 1.36. The average molecular weight is 174 g/mol. The molecule has 0 aliphatic heterocycles. The summed E-state index contributed by atoms with van der Waals surface area (Å²) in [7, 11) is 0. The van der Waals surface area contributed by atoms with Gasteiger partial charge in [-0.15, -0.1) is 0 Å². The SMILES string of the molecule is CC(C)(C)OCCC/C(N)=N/O. The Hall–Kier alpha value is -0.770. The first-order valence-electron chi connectivity index (χ1n) is 4.06. The topological polar surface area (TPSA) is 67.8 Å². The molecule has 0 aliphatic carbocycles. The summed E-state index contributed by atoms with van der Waals surface area (Å²) in [5, 5.41) is 11.1. The summed E-state index contributed by atoms with van der Waals surface area (Å²) in [6.45, 7) is 6.63. The molecule has 0 aromatic rings. The van der Waals surface area contributed by atoms with Gasteiger partial charge in [0.05, 0.1) is 5.60 Å². The van der Waals surface area contributed by atoms with E-state index >= 15 is 0 Å². The van der Waals surface area contributed by atoms with Gasteiger partial charge in [-0.2, -0.15) is 0 Å². The Morgan fingerprint density at radius 1 is 1.50 bits per heavy atom. The zero-order chi connectivity index (χ0) is 9.61. The number of oxime groups is 1. The Balaban J connectivity index is 3.34. The molecule has 0 amide bonds. The number of hydrogen-bond acceptors (Lipinski definition) is 3. The molecule has 0 atom stereocenters. The van der Waals surface area contributed by atoms with Crippen molar-refractivity contribution in [3.8, 4) is 0 Å². The van der Waals surface area contributed by atoms with Gasteiger partial charge >= 0.3 is 0 Å². The molecule has 0 unspecified atom stereocenters. The quantitative estimate of drug-likeness (QED) is 0.222. The molecule has 72 valence electrons. The minimum Gasteiger partial charge on any atom is -0.409 e. The lowest BCUT2D eigenvalue weighted by Crippen LogP contribution is -2.21. The summed E-state index contributed by atoms with van der Waals surface area (Å²) in [5.74, 6) is 0.257. The minimum absolute atomic E-state index is 0.106. The van der Waals surface area contributed by atoms with Crippen LogP contribution < -0.4 is 5.73 Å². The summed E-state index contributed by atoms with van der Waals surface area (Å²) in [6, 6.07) is 0. The summed E-state index contributed by atoms with van der Waals surface area (Å²) < 4.78 is 5.43. The van der Waals surface area contributed by atoms with Crippen molar-refractivity contribution in [3.05, 3.63) is 0 Å². The van der Waals surface area contributed by atoms with Gasteiger partial charge < -0.3 is 15.7 Å². The molecule has 12 heavy (non-hydrogen) atoms. The van der Waals surface area contributed by atoms with Gasteiger partial charge in [0.1, 0.15) is 5.84 Å². The van der Waals surface area contributed by atoms with E-state index in [1.807, 2.05) is 20.8 Å². The van der Waals surface area contributed by atoms with E-state index in [0.29, 0.717) is 13.0 Å². The Bertz CT molecular complexity index is 150. The van der Waals surface area contributed by atoms with Crippen molar-refractivity contribution in [2.45, 2.75) is 39.2 Å². The van der Waals surface area contributed by atoms with Crippen molar-refractivity contribution in [2.75, 3.05) is 6.61 Å². The van der Waals surface area contributed by atoms with Crippen molar-refractivity contribution in [2.24, 2.45) is 10.9 Å². The normalized spacial score (nSPS) is 13.4. The van der Waals surface area contributed by atoms with Gasteiger partial charge in [0, 0.05) is 13.0 Å². The van der Waals surface area contributed by atoms with E-state index in [0.717, 1.165) is 6.42 Å². The van der Waals surface area contributed by atoms with Crippen molar-refractivity contribution in [1.29, 1.82) is 0 Å². The number of ether oxygens (including phenoxy) is 1. The first-order valence-corrected chi connectivity index (χ1v) is 4.06. The number of rotatable bonds is 4. The van der Waals surface area contributed by atoms with Crippen LogP contribution in [0.1, 0.15) is 33.6 Å². The highest BCUT2D eigenvalue weighted by Gasteiger charge is 2.08. The second-order valence-corrected chi connectivity index (χ2v) is 3.66. The molecule has 0 saturated carbocycles. The highest BCUT2D eigenvalue weighted by atomic mass is 16.5. The van der Waals surface area contributed by atoms with E-state index < -0.39 is 0 Å². The van der Waals surface area contributed by atoms with Crippen LogP contribution in [0.15, 0.2) is 5.16 Å². The second-order valence-electron chi connectivity index (χ2n) is 3.66. The molecule has 0 aromatic heterocycles. The van der Waals surface area contributed by atoms with Gasteiger partial charge in [0.15, 0.2) is 0 Å². The molecule has 0 saturated heterocycles. The lowest BCUT2D eigenvalue weighted by molar-refractivity contribution is -0.00335. The monoisotopic (exact) mass is 174 g/mol. The molecule has 0 aliphatic rings. The van der Waals surface area contributed by atoms with Gasteiger partial charge in [-0.3, -0.25) is 0 Å². The van der Waals surface area contributed by atoms with Crippen LogP contribution in [0.4, 0.5) is 0 Å². The third-order valence-electron chi connectivity index (χ3n) is 1.24. The molecule has 0 fully saturated rings. The van der Waals surface area contributed by atoms with E-state index in [4.69, 9.17) is 15.7 Å². The number of nitrogens with two attached hydrogens (primary N) is 1. The largest absolute Gasteiger partial charge is 0.409 e. The van der Waals surface area contributed by atoms with Gasteiger partial charge in [-0.1, -0.05) is 5.16 Å². The minimum atomic E-state index is -0.106. The second kappa shape index (κ2) is 4.98. The Morgan fingerprint density at radius 3 is 2.50 bits per heavy atom. The zero-order valence-electron chi connectivity index (χ0n) is 8.00. The maximum atomic E-state index is 8.22. The van der Waals surface area contributed by atoms with Crippen molar-refractivity contribution < 1.29 is 9.94 Å².